The van der Waals surface area contributed by atoms with E-state index < -0.39 is 41.0 Å². The molecule has 3 N–H and O–H groups in total. The smallest absolute Gasteiger partial charge is 0.407 e. The minimum atomic E-state index is -1.25. The maximum absolute atomic E-state index is 12.2. The highest BCUT2D eigenvalue weighted by atomic mass is 32.1. The van der Waals surface area contributed by atoms with Crippen molar-refractivity contribution in [2.24, 2.45) is 5.92 Å². The first-order chi connectivity index (χ1) is 14.5. The summed E-state index contributed by atoms with van der Waals surface area (Å²) < 4.78 is 27.1. The molecular formula is C21H32N2O7S. The van der Waals surface area contributed by atoms with Gasteiger partial charge < -0.3 is 25.2 Å². The van der Waals surface area contributed by atoms with Gasteiger partial charge in [-0.1, -0.05) is 37.3 Å². The van der Waals surface area contributed by atoms with Crippen molar-refractivity contribution in [3.63, 3.8) is 0 Å². The van der Waals surface area contributed by atoms with Crippen molar-refractivity contribution in [2.75, 3.05) is 6.54 Å². The van der Waals surface area contributed by atoms with Crippen LogP contribution in [0.2, 0.25) is 0 Å². The molecule has 0 saturated heterocycles. The highest BCUT2D eigenvalue weighted by molar-refractivity contribution is 7.51. The Morgan fingerprint density at radius 3 is 2.39 bits per heavy atom. The quantitative estimate of drug-likeness (QED) is 0.621. The van der Waals surface area contributed by atoms with Crippen LogP contribution in [-0.4, -0.2) is 49.5 Å². The summed E-state index contributed by atoms with van der Waals surface area (Å²) in [4.78, 5) is 24.2. The Balaban J connectivity index is 0.00000151. The van der Waals surface area contributed by atoms with Crippen molar-refractivity contribution in [1.82, 2.24) is 10.6 Å². The lowest BCUT2D eigenvalue weighted by Crippen LogP contribution is -2.60. The molecule has 1 aliphatic rings. The lowest BCUT2D eigenvalue weighted by atomic mass is 9.75. The molecule has 174 valence electrons. The second kappa shape index (κ2) is 12.4. The molecule has 9 nitrogen and oxygen atoms in total. The van der Waals surface area contributed by atoms with Gasteiger partial charge in [-0.05, 0) is 51.5 Å². The maximum atomic E-state index is 12.2. The van der Waals surface area contributed by atoms with Crippen LogP contribution in [0.1, 0.15) is 52.5 Å². The Labute approximate surface area is 186 Å². The monoisotopic (exact) mass is 456 g/mol. The number of amides is 2. The van der Waals surface area contributed by atoms with E-state index in [1.54, 1.807) is 20.8 Å². The van der Waals surface area contributed by atoms with E-state index in [4.69, 9.17) is 17.9 Å². The summed E-state index contributed by atoms with van der Waals surface area (Å²) in [5.41, 5.74) is -0.987. The Bertz CT molecular complexity index is 748. The third kappa shape index (κ3) is 10.4. The van der Waals surface area contributed by atoms with E-state index in [0.717, 1.165) is 12.0 Å². The molecule has 0 heterocycles. The highest BCUT2D eigenvalue weighted by Gasteiger charge is 2.42. The molecule has 1 aliphatic carbocycles. The lowest BCUT2D eigenvalue weighted by molar-refractivity contribution is -0.0381. The number of ether oxygens (including phenoxy) is 2. The van der Waals surface area contributed by atoms with Gasteiger partial charge in [-0.3, -0.25) is 0 Å². The van der Waals surface area contributed by atoms with Gasteiger partial charge in [0.1, 0.15) is 17.8 Å². The van der Waals surface area contributed by atoms with E-state index in [-0.39, 0.29) is 13.2 Å². The van der Waals surface area contributed by atoms with Crippen molar-refractivity contribution in [3.8, 4) is 0 Å². The molecular weight excluding hydrogens is 424 g/mol. The van der Waals surface area contributed by atoms with Gasteiger partial charge in [-0.2, -0.15) is 8.42 Å². The fourth-order valence-corrected chi connectivity index (χ4v) is 3.26. The van der Waals surface area contributed by atoms with Crippen LogP contribution in [0.4, 0.5) is 9.59 Å². The standard InChI is InChI=1S/C21H32N2O5.O2S/c1-15-10-11-21(26,14-22-18(24)28-20(2,3)4)17(12-15)23-19(25)27-13-16-8-6-5-7-9-16;1-3-2/h5-9,15,17,26H,10-14H2,1-4H3,(H,22,24)(H,23,25);/t15-,17-,21-;/m1./s1. The second-order valence-electron chi connectivity index (χ2n) is 8.67. The molecule has 1 aromatic carbocycles. The second-order valence-corrected chi connectivity index (χ2v) is 8.80. The number of hydrogen-bond acceptors (Lipinski definition) is 7. The fourth-order valence-electron chi connectivity index (χ4n) is 3.26. The van der Waals surface area contributed by atoms with Crippen molar-refractivity contribution < 1.29 is 32.6 Å². The molecule has 10 heteroatoms. The third-order valence-electron chi connectivity index (χ3n) is 4.80. The van der Waals surface area contributed by atoms with Crippen molar-refractivity contribution in [2.45, 2.75) is 70.8 Å². The summed E-state index contributed by atoms with van der Waals surface area (Å²) in [5, 5.41) is 16.5. The molecule has 2 rings (SSSR count). The zero-order valence-electron chi connectivity index (χ0n) is 18.4. The SMILES string of the molecule is C[C@@H]1CC[C@@](O)(CNC(=O)OC(C)(C)C)[C@H](NC(=O)OCc2ccccc2)C1.O=S=O. The van der Waals surface area contributed by atoms with Gasteiger partial charge in [-0.25, -0.2) is 9.59 Å². The molecule has 3 atom stereocenters. The zero-order chi connectivity index (χ0) is 23.5. The lowest BCUT2D eigenvalue weighted by Gasteiger charge is -2.42. The number of carbonyl (C=O) groups is 2. The van der Waals surface area contributed by atoms with Crippen molar-refractivity contribution in [3.05, 3.63) is 35.9 Å². The molecule has 0 spiro atoms. The summed E-state index contributed by atoms with van der Waals surface area (Å²) in [6, 6.07) is 8.87. The minimum Gasteiger partial charge on any atom is -0.445 e. The molecule has 1 saturated carbocycles. The molecule has 31 heavy (non-hydrogen) atoms. The van der Waals surface area contributed by atoms with Gasteiger partial charge in [-0.15, -0.1) is 0 Å². The van der Waals surface area contributed by atoms with E-state index in [9.17, 15) is 14.7 Å². The predicted octanol–water partition coefficient (Wildman–Crippen LogP) is 2.69. The number of hydrogen-bond donors (Lipinski definition) is 3. The van der Waals surface area contributed by atoms with Gasteiger partial charge >= 0.3 is 23.8 Å². The molecule has 0 bridgehead atoms. The first-order valence-electron chi connectivity index (χ1n) is 10.1. The average molecular weight is 457 g/mol. The van der Waals surface area contributed by atoms with E-state index >= 15 is 0 Å². The number of benzene rings is 1. The van der Waals surface area contributed by atoms with Crippen LogP contribution in [0.3, 0.4) is 0 Å². The van der Waals surface area contributed by atoms with Gasteiger partial charge in [0.15, 0.2) is 0 Å². The van der Waals surface area contributed by atoms with E-state index in [1.165, 1.54) is 0 Å². The van der Waals surface area contributed by atoms with Crippen LogP contribution in [0.15, 0.2) is 30.3 Å². The Kier molecular flexibility index (Phi) is 10.6. The molecule has 0 aromatic heterocycles. The highest BCUT2D eigenvalue weighted by Crippen LogP contribution is 2.32. The predicted molar refractivity (Wildman–Crippen MR) is 115 cm³/mol. The summed E-state index contributed by atoms with van der Waals surface area (Å²) in [6.45, 7) is 7.55. The molecule has 1 fully saturated rings. The number of carbonyl (C=O) groups excluding carboxylic acids is 2. The van der Waals surface area contributed by atoms with E-state index in [0.29, 0.717) is 18.8 Å². The first kappa shape index (κ1) is 26.6. The van der Waals surface area contributed by atoms with E-state index in [1.807, 2.05) is 30.3 Å². The Morgan fingerprint density at radius 2 is 1.81 bits per heavy atom. The summed E-state index contributed by atoms with van der Waals surface area (Å²) in [6.07, 6.45) is 0.702. The normalized spacial score (nSPS) is 22.9. The first-order valence-corrected chi connectivity index (χ1v) is 10.7. The minimum absolute atomic E-state index is 0.00172. The number of nitrogens with one attached hydrogen (secondary N) is 2. The third-order valence-corrected chi connectivity index (χ3v) is 4.80. The maximum Gasteiger partial charge on any atom is 0.407 e. The number of alkyl carbamates (subject to hydrolysis) is 2. The number of rotatable bonds is 5. The summed E-state index contributed by atoms with van der Waals surface area (Å²) in [5.74, 6) is 0.348. The zero-order valence-corrected chi connectivity index (χ0v) is 19.2. The fraction of sp³-hybridized carbons (Fsp3) is 0.619. The number of aliphatic hydroxyl groups is 1. The van der Waals surface area contributed by atoms with Gasteiger partial charge in [0.2, 0.25) is 0 Å². The molecule has 0 aliphatic heterocycles. The topological polar surface area (TPSA) is 131 Å². The van der Waals surface area contributed by atoms with Crippen LogP contribution in [0.25, 0.3) is 0 Å². The van der Waals surface area contributed by atoms with Crippen LogP contribution in [-0.2, 0) is 27.7 Å². The Morgan fingerprint density at radius 1 is 1.19 bits per heavy atom. The van der Waals surface area contributed by atoms with Crippen molar-refractivity contribution in [1.29, 1.82) is 0 Å². The van der Waals surface area contributed by atoms with Crippen LogP contribution < -0.4 is 10.6 Å². The van der Waals surface area contributed by atoms with Gasteiger partial charge in [0.05, 0.1) is 12.6 Å². The van der Waals surface area contributed by atoms with Gasteiger partial charge in [0.25, 0.3) is 0 Å². The largest absolute Gasteiger partial charge is 0.445 e. The molecule has 0 unspecified atom stereocenters. The van der Waals surface area contributed by atoms with Crippen LogP contribution >= 0.6 is 0 Å². The Hall–Kier alpha value is -2.46. The van der Waals surface area contributed by atoms with Crippen LogP contribution in [0, 0.1) is 5.92 Å². The summed E-state index contributed by atoms with van der Waals surface area (Å²) in [7, 11) is 0. The average Bonchev–Trinajstić information content (AvgIpc) is 2.68. The molecule has 0 radical (unpaired) electrons. The van der Waals surface area contributed by atoms with Crippen molar-refractivity contribution >= 4 is 23.8 Å². The van der Waals surface area contributed by atoms with Gasteiger partial charge in [0, 0.05) is 0 Å². The summed E-state index contributed by atoms with van der Waals surface area (Å²) >= 11 is -0.750. The van der Waals surface area contributed by atoms with Crippen LogP contribution in [0.5, 0.6) is 0 Å². The molecule has 2 amide bonds. The molecule has 1 aromatic rings. The van der Waals surface area contributed by atoms with E-state index in [2.05, 4.69) is 17.6 Å².